The van der Waals surface area contributed by atoms with Crippen LogP contribution in [0.2, 0.25) is 0 Å². The van der Waals surface area contributed by atoms with E-state index in [2.05, 4.69) is 12.2 Å². The highest BCUT2D eigenvalue weighted by atomic mass is 16.3. The minimum Gasteiger partial charge on any atom is -0.472 e. The molecule has 1 amide bonds. The fourth-order valence-corrected chi connectivity index (χ4v) is 2.72. The number of carbonyl (C=O) groups excluding carboxylic acids is 1. The van der Waals surface area contributed by atoms with Crippen molar-refractivity contribution in [2.75, 3.05) is 6.54 Å². The molecule has 2 unspecified atom stereocenters. The molecule has 2 rings (SSSR count). The largest absolute Gasteiger partial charge is 0.472 e. The summed E-state index contributed by atoms with van der Waals surface area (Å²) < 4.78 is 4.92. The van der Waals surface area contributed by atoms with Gasteiger partial charge in [-0.25, -0.2) is 0 Å². The molecular weight excluding hydrogens is 216 g/mol. The topological polar surface area (TPSA) is 68.3 Å². The van der Waals surface area contributed by atoms with Gasteiger partial charge in [0.25, 0.3) is 5.91 Å². The monoisotopic (exact) mass is 236 g/mol. The Hall–Kier alpha value is -1.29. The van der Waals surface area contributed by atoms with Gasteiger partial charge >= 0.3 is 0 Å². The van der Waals surface area contributed by atoms with Gasteiger partial charge < -0.3 is 15.5 Å². The predicted octanol–water partition coefficient (Wildman–Crippen LogP) is 1.92. The predicted molar refractivity (Wildman–Crippen MR) is 65.6 cm³/mol. The molecule has 94 valence electrons. The normalized spacial score (nSPS) is 28.9. The lowest BCUT2D eigenvalue weighted by Gasteiger charge is -2.39. The highest BCUT2D eigenvalue weighted by Crippen LogP contribution is 2.31. The van der Waals surface area contributed by atoms with E-state index in [1.165, 1.54) is 18.9 Å². The Balaban J connectivity index is 2.06. The van der Waals surface area contributed by atoms with Gasteiger partial charge in [0.15, 0.2) is 0 Å². The first-order chi connectivity index (χ1) is 8.15. The van der Waals surface area contributed by atoms with Crippen molar-refractivity contribution in [1.82, 2.24) is 5.32 Å². The van der Waals surface area contributed by atoms with E-state index < -0.39 is 0 Å². The van der Waals surface area contributed by atoms with Crippen LogP contribution in [-0.4, -0.2) is 18.0 Å². The fraction of sp³-hybridized carbons (Fsp3) is 0.615. The van der Waals surface area contributed by atoms with E-state index in [0.717, 1.165) is 19.3 Å². The maximum atomic E-state index is 12.0. The van der Waals surface area contributed by atoms with Crippen molar-refractivity contribution in [2.24, 2.45) is 11.7 Å². The van der Waals surface area contributed by atoms with Crippen LogP contribution in [0.25, 0.3) is 0 Å². The Morgan fingerprint density at radius 1 is 1.71 bits per heavy atom. The molecule has 4 heteroatoms. The van der Waals surface area contributed by atoms with Crippen LogP contribution in [0, 0.1) is 5.92 Å². The second-order valence-electron chi connectivity index (χ2n) is 5.15. The molecular formula is C13H20N2O2. The minimum absolute atomic E-state index is 0.0849. The van der Waals surface area contributed by atoms with Crippen LogP contribution in [0.15, 0.2) is 23.0 Å². The van der Waals surface area contributed by atoms with Crippen molar-refractivity contribution in [3.8, 4) is 0 Å². The Kier molecular flexibility index (Phi) is 3.52. The average molecular weight is 236 g/mol. The van der Waals surface area contributed by atoms with Crippen LogP contribution in [0.4, 0.5) is 0 Å². The molecule has 1 aliphatic carbocycles. The van der Waals surface area contributed by atoms with Crippen LogP contribution in [0.5, 0.6) is 0 Å². The van der Waals surface area contributed by atoms with E-state index >= 15 is 0 Å². The van der Waals surface area contributed by atoms with Crippen molar-refractivity contribution in [1.29, 1.82) is 0 Å². The molecule has 2 atom stereocenters. The zero-order valence-corrected chi connectivity index (χ0v) is 10.2. The molecule has 1 aromatic heterocycles. The standard InChI is InChI=1S/C13H20N2O2/c1-10-3-2-5-13(7-10,9-14)15-12(16)11-4-6-17-8-11/h4,6,8,10H,2-3,5,7,9,14H2,1H3,(H,15,16). The van der Waals surface area contributed by atoms with E-state index in [-0.39, 0.29) is 11.4 Å². The molecule has 1 heterocycles. The Labute approximate surface area is 102 Å². The molecule has 0 aliphatic heterocycles. The molecule has 1 aromatic rings. The second kappa shape index (κ2) is 4.92. The van der Waals surface area contributed by atoms with Gasteiger partial charge in [-0.15, -0.1) is 0 Å². The first-order valence-electron chi connectivity index (χ1n) is 6.20. The Morgan fingerprint density at radius 2 is 2.53 bits per heavy atom. The van der Waals surface area contributed by atoms with Crippen LogP contribution in [0.1, 0.15) is 43.0 Å². The molecule has 0 aromatic carbocycles. The maximum absolute atomic E-state index is 12.0. The molecule has 0 saturated heterocycles. The van der Waals surface area contributed by atoms with Gasteiger partial charge in [-0.1, -0.05) is 19.8 Å². The Morgan fingerprint density at radius 3 is 3.12 bits per heavy atom. The summed E-state index contributed by atoms with van der Waals surface area (Å²) in [6.45, 7) is 2.72. The number of hydrogen-bond acceptors (Lipinski definition) is 3. The summed E-state index contributed by atoms with van der Waals surface area (Å²) in [4.78, 5) is 12.0. The van der Waals surface area contributed by atoms with Crippen molar-refractivity contribution < 1.29 is 9.21 Å². The molecule has 4 nitrogen and oxygen atoms in total. The van der Waals surface area contributed by atoms with E-state index in [9.17, 15) is 4.79 Å². The van der Waals surface area contributed by atoms with Gasteiger partial charge in [0.05, 0.1) is 17.4 Å². The van der Waals surface area contributed by atoms with E-state index in [4.69, 9.17) is 10.2 Å². The zero-order valence-electron chi connectivity index (χ0n) is 10.2. The van der Waals surface area contributed by atoms with E-state index in [1.807, 2.05) is 0 Å². The van der Waals surface area contributed by atoms with E-state index in [0.29, 0.717) is 18.0 Å². The second-order valence-corrected chi connectivity index (χ2v) is 5.15. The number of nitrogens with two attached hydrogens (primary N) is 1. The number of amides is 1. The number of furan rings is 1. The van der Waals surface area contributed by atoms with Gasteiger partial charge in [-0.05, 0) is 24.8 Å². The third kappa shape index (κ3) is 2.69. The highest BCUT2D eigenvalue weighted by Gasteiger charge is 2.35. The lowest BCUT2D eigenvalue weighted by molar-refractivity contribution is 0.0853. The van der Waals surface area contributed by atoms with Gasteiger partial charge in [0.1, 0.15) is 6.26 Å². The zero-order chi connectivity index (χ0) is 12.3. The smallest absolute Gasteiger partial charge is 0.255 e. The SMILES string of the molecule is CC1CCCC(CN)(NC(=O)c2ccoc2)C1. The molecule has 1 saturated carbocycles. The van der Waals surface area contributed by atoms with Gasteiger partial charge in [-0.3, -0.25) is 4.79 Å². The molecule has 17 heavy (non-hydrogen) atoms. The average Bonchev–Trinajstić information content (AvgIpc) is 2.82. The Bertz CT molecular complexity index is 375. The molecule has 0 spiro atoms. The molecule has 3 N–H and O–H groups in total. The van der Waals surface area contributed by atoms with Gasteiger partial charge in [0, 0.05) is 6.54 Å². The van der Waals surface area contributed by atoms with Crippen LogP contribution in [0.3, 0.4) is 0 Å². The van der Waals surface area contributed by atoms with Crippen LogP contribution < -0.4 is 11.1 Å². The van der Waals surface area contributed by atoms with Gasteiger partial charge in [0.2, 0.25) is 0 Å². The fourth-order valence-electron chi connectivity index (χ4n) is 2.72. The lowest BCUT2D eigenvalue weighted by Crippen LogP contribution is -2.55. The number of carbonyl (C=O) groups is 1. The minimum atomic E-state index is -0.230. The maximum Gasteiger partial charge on any atom is 0.255 e. The van der Waals surface area contributed by atoms with Crippen LogP contribution >= 0.6 is 0 Å². The first-order valence-corrected chi connectivity index (χ1v) is 6.20. The highest BCUT2D eigenvalue weighted by molar-refractivity contribution is 5.94. The number of hydrogen-bond donors (Lipinski definition) is 2. The van der Waals surface area contributed by atoms with Crippen molar-refractivity contribution in [3.63, 3.8) is 0 Å². The molecule has 0 bridgehead atoms. The summed E-state index contributed by atoms with van der Waals surface area (Å²) in [6.07, 6.45) is 7.26. The summed E-state index contributed by atoms with van der Waals surface area (Å²) in [6, 6.07) is 1.67. The van der Waals surface area contributed by atoms with Crippen LogP contribution in [-0.2, 0) is 0 Å². The molecule has 1 fully saturated rings. The molecule has 0 radical (unpaired) electrons. The van der Waals surface area contributed by atoms with E-state index in [1.54, 1.807) is 6.07 Å². The number of nitrogens with one attached hydrogen (secondary N) is 1. The summed E-state index contributed by atoms with van der Waals surface area (Å²) in [7, 11) is 0. The quantitative estimate of drug-likeness (QED) is 0.842. The van der Waals surface area contributed by atoms with Crippen molar-refractivity contribution in [2.45, 2.75) is 38.1 Å². The first kappa shape index (κ1) is 12.2. The lowest BCUT2D eigenvalue weighted by atomic mass is 9.76. The summed E-state index contributed by atoms with van der Waals surface area (Å²) >= 11 is 0. The molecule has 1 aliphatic rings. The van der Waals surface area contributed by atoms with Gasteiger partial charge in [-0.2, -0.15) is 0 Å². The summed E-state index contributed by atoms with van der Waals surface area (Å²) in [5.41, 5.74) is 6.20. The third-order valence-corrected chi connectivity index (χ3v) is 3.64. The van der Waals surface area contributed by atoms with Crippen molar-refractivity contribution in [3.05, 3.63) is 24.2 Å². The third-order valence-electron chi connectivity index (χ3n) is 3.64. The number of rotatable bonds is 3. The summed E-state index contributed by atoms with van der Waals surface area (Å²) in [5.74, 6) is 0.537. The van der Waals surface area contributed by atoms with Crippen molar-refractivity contribution >= 4 is 5.91 Å². The summed E-state index contributed by atoms with van der Waals surface area (Å²) in [5, 5.41) is 3.09.